The second-order valence-corrected chi connectivity index (χ2v) is 9.36. The van der Waals surface area contributed by atoms with Crippen LogP contribution in [0.1, 0.15) is 36.8 Å². The van der Waals surface area contributed by atoms with Gasteiger partial charge < -0.3 is 4.74 Å². The second kappa shape index (κ2) is 11.1. The summed E-state index contributed by atoms with van der Waals surface area (Å²) >= 11 is 12.3. The first-order valence-corrected chi connectivity index (χ1v) is 12.3. The molecule has 4 aromatic rings. The van der Waals surface area contributed by atoms with Gasteiger partial charge in [-0.05, 0) is 86.3 Å². The summed E-state index contributed by atoms with van der Waals surface area (Å²) in [6.45, 7) is 5.26. The highest BCUT2D eigenvalue weighted by molar-refractivity contribution is 6.32. The fourth-order valence-corrected chi connectivity index (χ4v) is 4.33. The van der Waals surface area contributed by atoms with E-state index in [2.05, 4.69) is 0 Å². The second-order valence-electron chi connectivity index (χ2n) is 8.55. The highest BCUT2D eigenvalue weighted by atomic mass is 35.5. The van der Waals surface area contributed by atoms with Crippen molar-refractivity contribution in [2.75, 3.05) is 6.61 Å². The predicted octanol–water partition coefficient (Wildman–Crippen LogP) is 7.63. The lowest BCUT2D eigenvalue weighted by Gasteiger charge is -2.14. The van der Waals surface area contributed by atoms with Crippen molar-refractivity contribution in [3.63, 3.8) is 0 Å². The Morgan fingerprint density at radius 3 is 2.29 bits per heavy atom. The number of para-hydroxylation sites is 1. The van der Waals surface area contributed by atoms with Gasteiger partial charge in [0.2, 0.25) is 0 Å². The lowest BCUT2D eigenvalue weighted by molar-refractivity contribution is 0.303. The molecule has 0 fully saturated rings. The highest BCUT2D eigenvalue weighted by Gasteiger charge is 2.12. The average molecular weight is 495 g/mol. The molecule has 4 rings (SSSR count). The minimum atomic E-state index is -0.00707. The third kappa shape index (κ3) is 5.63. The first kappa shape index (κ1) is 24.3. The van der Waals surface area contributed by atoms with Crippen LogP contribution < -0.4 is 10.3 Å². The maximum absolute atomic E-state index is 13.3. The Balaban J connectivity index is 1.38. The van der Waals surface area contributed by atoms with Crippen LogP contribution in [0.5, 0.6) is 5.75 Å². The maximum atomic E-state index is 13.3. The van der Waals surface area contributed by atoms with Crippen LogP contribution in [-0.4, -0.2) is 16.2 Å². The molecule has 0 saturated carbocycles. The van der Waals surface area contributed by atoms with E-state index in [-0.39, 0.29) is 5.56 Å². The van der Waals surface area contributed by atoms with Crippen molar-refractivity contribution in [3.8, 4) is 17.1 Å². The molecule has 1 aromatic heterocycles. The molecule has 6 heteroatoms. The summed E-state index contributed by atoms with van der Waals surface area (Å²) in [5.41, 5.74) is 3.64. The lowest BCUT2D eigenvalue weighted by atomic mass is 10.1. The third-order valence-corrected chi connectivity index (χ3v) is 6.77. The Labute approximate surface area is 210 Å². The number of benzene rings is 3. The van der Waals surface area contributed by atoms with Crippen LogP contribution in [0.25, 0.3) is 22.3 Å². The van der Waals surface area contributed by atoms with E-state index < -0.39 is 0 Å². The summed E-state index contributed by atoms with van der Waals surface area (Å²) in [6, 6.07) is 18.9. The molecule has 0 amide bonds. The van der Waals surface area contributed by atoms with Gasteiger partial charge >= 0.3 is 0 Å². The standard InChI is InChI=1S/C28H28Cl2N2O2/c1-19-17-23(18-20(2)26(19)30)34-16-8-4-3-7-15-32-27(21-11-13-22(29)14-12-21)31-25-10-6-5-9-24(25)28(32)33/h5-6,9-14,17-18H,3-4,7-8,15-16H2,1-2H3. The Morgan fingerprint density at radius 1 is 0.882 bits per heavy atom. The van der Waals surface area contributed by atoms with Gasteiger partial charge in [-0.1, -0.05) is 48.2 Å². The molecule has 0 aliphatic carbocycles. The Hall–Kier alpha value is -2.82. The molecular weight excluding hydrogens is 467 g/mol. The van der Waals surface area contributed by atoms with E-state index in [0.717, 1.165) is 53.1 Å². The molecule has 0 N–H and O–H groups in total. The number of rotatable bonds is 9. The van der Waals surface area contributed by atoms with E-state index in [0.29, 0.717) is 34.9 Å². The fourth-order valence-electron chi connectivity index (χ4n) is 4.10. The monoisotopic (exact) mass is 494 g/mol. The SMILES string of the molecule is Cc1cc(OCCCCCCn2c(-c3ccc(Cl)cc3)nc3ccccc3c2=O)cc(C)c1Cl. The van der Waals surface area contributed by atoms with Gasteiger partial charge in [0.1, 0.15) is 11.6 Å². The number of unbranched alkanes of at least 4 members (excludes halogenated alkanes) is 3. The van der Waals surface area contributed by atoms with Crippen LogP contribution in [0.3, 0.4) is 0 Å². The van der Waals surface area contributed by atoms with Gasteiger partial charge in [0.15, 0.2) is 0 Å². The van der Waals surface area contributed by atoms with Gasteiger partial charge in [0.05, 0.1) is 17.5 Å². The van der Waals surface area contributed by atoms with Crippen molar-refractivity contribution in [1.29, 1.82) is 0 Å². The van der Waals surface area contributed by atoms with Gasteiger partial charge in [-0.15, -0.1) is 0 Å². The Kier molecular flexibility index (Phi) is 7.91. The van der Waals surface area contributed by atoms with Crippen LogP contribution in [-0.2, 0) is 6.54 Å². The number of aromatic nitrogens is 2. The summed E-state index contributed by atoms with van der Waals surface area (Å²) < 4.78 is 7.70. The molecule has 176 valence electrons. The molecule has 0 radical (unpaired) electrons. The van der Waals surface area contributed by atoms with Crippen LogP contribution >= 0.6 is 23.2 Å². The molecule has 0 saturated heterocycles. The van der Waals surface area contributed by atoms with E-state index in [4.69, 9.17) is 32.9 Å². The van der Waals surface area contributed by atoms with Crippen molar-refractivity contribution in [2.24, 2.45) is 0 Å². The molecular formula is C28H28Cl2N2O2. The zero-order chi connectivity index (χ0) is 24.1. The smallest absolute Gasteiger partial charge is 0.261 e. The molecule has 0 spiro atoms. The fraction of sp³-hybridized carbons (Fsp3) is 0.286. The predicted molar refractivity (Wildman–Crippen MR) is 141 cm³/mol. The van der Waals surface area contributed by atoms with Crippen molar-refractivity contribution in [2.45, 2.75) is 46.1 Å². The number of nitrogens with zero attached hydrogens (tertiary/aromatic N) is 2. The molecule has 3 aromatic carbocycles. The summed E-state index contributed by atoms with van der Waals surface area (Å²) in [6.07, 6.45) is 3.87. The lowest BCUT2D eigenvalue weighted by Crippen LogP contribution is -2.23. The number of hydrogen-bond donors (Lipinski definition) is 0. The molecule has 0 aliphatic rings. The molecule has 34 heavy (non-hydrogen) atoms. The number of ether oxygens (including phenoxy) is 1. The van der Waals surface area contributed by atoms with Crippen LogP contribution in [0.2, 0.25) is 10.0 Å². The van der Waals surface area contributed by atoms with Gasteiger partial charge in [0.25, 0.3) is 5.56 Å². The molecule has 4 nitrogen and oxygen atoms in total. The number of fused-ring (bicyclic) bond motifs is 1. The quantitative estimate of drug-likeness (QED) is 0.224. The van der Waals surface area contributed by atoms with Crippen LogP contribution in [0.4, 0.5) is 0 Å². The molecule has 0 bridgehead atoms. The van der Waals surface area contributed by atoms with Crippen molar-refractivity contribution in [1.82, 2.24) is 9.55 Å². The van der Waals surface area contributed by atoms with E-state index in [1.807, 2.05) is 74.5 Å². The minimum Gasteiger partial charge on any atom is -0.494 e. The zero-order valence-corrected chi connectivity index (χ0v) is 21.0. The van der Waals surface area contributed by atoms with E-state index in [1.54, 1.807) is 4.57 Å². The highest BCUT2D eigenvalue weighted by Crippen LogP contribution is 2.26. The number of hydrogen-bond acceptors (Lipinski definition) is 3. The van der Waals surface area contributed by atoms with Crippen molar-refractivity contribution < 1.29 is 4.74 Å². The van der Waals surface area contributed by atoms with Crippen molar-refractivity contribution >= 4 is 34.1 Å². The largest absolute Gasteiger partial charge is 0.494 e. The average Bonchev–Trinajstić information content (AvgIpc) is 2.83. The summed E-state index contributed by atoms with van der Waals surface area (Å²) in [5, 5.41) is 2.09. The zero-order valence-electron chi connectivity index (χ0n) is 19.5. The number of halogens is 2. The van der Waals surface area contributed by atoms with Crippen molar-refractivity contribution in [3.05, 3.63) is 92.2 Å². The van der Waals surface area contributed by atoms with Gasteiger partial charge in [-0.2, -0.15) is 0 Å². The van der Waals surface area contributed by atoms with E-state index >= 15 is 0 Å². The normalized spacial score (nSPS) is 11.2. The Morgan fingerprint density at radius 2 is 1.56 bits per heavy atom. The van der Waals surface area contributed by atoms with Crippen LogP contribution in [0, 0.1) is 13.8 Å². The van der Waals surface area contributed by atoms with Gasteiger partial charge in [0, 0.05) is 22.2 Å². The number of aryl methyl sites for hydroxylation is 2. The van der Waals surface area contributed by atoms with Crippen LogP contribution in [0.15, 0.2) is 65.5 Å². The van der Waals surface area contributed by atoms with Gasteiger partial charge in [-0.25, -0.2) is 4.98 Å². The summed E-state index contributed by atoms with van der Waals surface area (Å²) in [5.74, 6) is 1.54. The third-order valence-electron chi connectivity index (χ3n) is 5.92. The molecule has 1 heterocycles. The summed E-state index contributed by atoms with van der Waals surface area (Å²) in [7, 11) is 0. The molecule has 0 aliphatic heterocycles. The molecule has 0 unspecified atom stereocenters. The Bertz CT molecular complexity index is 1320. The maximum Gasteiger partial charge on any atom is 0.261 e. The van der Waals surface area contributed by atoms with E-state index in [9.17, 15) is 4.79 Å². The summed E-state index contributed by atoms with van der Waals surface area (Å²) in [4.78, 5) is 18.1. The van der Waals surface area contributed by atoms with Gasteiger partial charge in [-0.3, -0.25) is 9.36 Å². The first-order chi connectivity index (χ1) is 16.4. The van der Waals surface area contributed by atoms with E-state index in [1.165, 1.54) is 0 Å². The minimum absolute atomic E-state index is 0.00707. The molecule has 0 atom stereocenters. The first-order valence-electron chi connectivity index (χ1n) is 11.6. The topological polar surface area (TPSA) is 44.1 Å².